The highest BCUT2D eigenvalue weighted by atomic mass is 19.3. The second-order valence-corrected chi connectivity index (χ2v) is 6.03. The van der Waals surface area contributed by atoms with Gasteiger partial charge in [-0.15, -0.1) is 0 Å². The minimum atomic E-state index is -7.65. The van der Waals surface area contributed by atoms with Crippen LogP contribution >= 0.6 is 0 Å². The monoisotopic (exact) mass is 404 g/mol. The van der Waals surface area contributed by atoms with E-state index in [0.717, 1.165) is 0 Å². The maximum Gasteiger partial charge on any atom is 0.339 e. The highest BCUT2D eigenvalue weighted by molar-refractivity contribution is 5.52. The maximum absolute atomic E-state index is 14.1. The summed E-state index contributed by atoms with van der Waals surface area (Å²) in [5, 5.41) is 9.02. The standard InChI is InChI=1S/C10H2F14O/c11-1-2(12)6(15,16)4(13)8(19,20)3(1,25)9(21,22)5(14,7(2,17)18)10(4,23)24/h1,25H/t1?,2?,3?,4-,5+. The Morgan fingerprint density at radius 2 is 0.760 bits per heavy atom. The van der Waals surface area contributed by atoms with E-state index < -0.39 is 58.4 Å². The van der Waals surface area contributed by atoms with Gasteiger partial charge in [-0.3, -0.25) is 0 Å². The van der Waals surface area contributed by atoms with Crippen molar-refractivity contribution in [3.8, 4) is 0 Å². The Morgan fingerprint density at radius 1 is 0.480 bits per heavy atom. The first kappa shape index (κ1) is 18.8. The van der Waals surface area contributed by atoms with Crippen molar-refractivity contribution in [2.24, 2.45) is 0 Å². The molecule has 0 aliphatic heterocycles. The van der Waals surface area contributed by atoms with E-state index >= 15 is 0 Å². The summed E-state index contributed by atoms with van der Waals surface area (Å²) in [5.74, 6) is -37.1. The third-order valence-electron chi connectivity index (χ3n) is 5.18. The number of alkyl halides is 14. The minimum Gasteiger partial charge on any atom is -0.376 e. The summed E-state index contributed by atoms with van der Waals surface area (Å²) in [6.45, 7) is 0. The third kappa shape index (κ3) is 0.992. The average Bonchev–Trinajstić information content (AvgIpc) is 2.45. The van der Waals surface area contributed by atoms with Gasteiger partial charge in [-0.1, -0.05) is 0 Å². The second-order valence-electron chi connectivity index (χ2n) is 6.03. The first-order chi connectivity index (χ1) is 10.7. The van der Waals surface area contributed by atoms with Crippen molar-refractivity contribution in [3.63, 3.8) is 0 Å². The van der Waals surface area contributed by atoms with E-state index in [4.69, 9.17) is 5.11 Å². The van der Waals surface area contributed by atoms with Gasteiger partial charge in [0.25, 0.3) is 5.67 Å². The SMILES string of the molecule is OC12C(F)C3(F)C(F)(F)[C@](F)(C1(F)F)C(F)(F)[C@](F)(C2(F)F)C3(F)F. The Bertz CT molecular complexity index is 581. The fourth-order valence-electron chi connectivity index (χ4n) is 3.77. The molecule has 146 valence electrons. The van der Waals surface area contributed by atoms with E-state index in [1.807, 2.05) is 0 Å². The van der Waals surface area contributed by atoms with Crippen LogP contribution in [0, 0.1) is 0 Å². The molecule has 3 unspecified atom stereocenters. The fraction of sp³-hybridized carbons (Fsp3) is 1.00. The van der Waals surface area contributed by atoms with Crippen LogP contribution in [0.25, 0.3) is 0 Å². The lowest BCUT2D eigenvalue weighted by Gasteiger charge is -2.72. The Kier molecular flexibility index (Phi) is 2.66. The lowest BCUT2D eigenvalue weighted by atomic mass is 9.41. The van der Waals surface area contributed by atoms with Crippen LogP contribution in [0.4, 0.5) is 61.5 Å². The molecule has 1 nitrogen and oxygen atoms in total. The molecule has 0 radical (unpaired) electrons. The highest BCUT2D eigenvalue weighted by Gasteiger charge is 3.19. The topological polar surface area (TPSA) is 20.2 Å². The molecule has 0 spiro atoms. The van der Waals surface area contributed by atoms with Crippen LogP contribution in [-0.4, -0.2) is 63.5 Å². The zero-order valence-electron chi connectivity index (χ0n) is 10.8. The smallest absolute Gasteiger partial charge is 0.339 e. The molecule has 4 fully saturated rings. The van der Waals surface area contributed by atoms with Crippen molar-refractivity contribution < 1.29 is 66.6 Å². The number of rotatable bonds is 0. The molecule has 0 aromatic carbocycles. The summed E-state index contributed by atoms with van der Waals surface area (Å²) in [7, 11) is 0. The Labute approximate surface area is 126 Å². The van der Waals surface area contributed by atoms with Gasteiger partial charge in [-0.2, -0.15) is 43.9 Å². The first-order valence-electron chi connectivity index (χ1n) is 5.98. The molecule has 0 amide bonds. The molecular weight excluding hydrogens is 402 g/mol. The molecule has 4 aliphatic carbocycles. The highest BCUT2D eigenvalue weighted by Crippen LogP contribution is 2.85. The van der Waals surface area contributed by atoms with Crippen LogP contribution < -0.4 is 0 Å². The van der Waals surface area contributed by atoms with Crippen molar-refractivity contribution >= 4 is 0 Å². The van der Waals surface area contributed by atoms with E-state index in [0.29, 0.717) is 0 Å². The number of aliphatic hydroxyl groups is 1. The molecule has 15 heteroatoms. The Morgan fingerprint density at radius 3 is 1.04 bits per heavy atom. The summed E-state index contributed by atoms with van der Waals surface area (Å²) in [4.78, 5) is 0. The van der Waals surface area contributed by atoms with Crippen LogP contribution in [0.2, 0.25) is 0 Å². The molecule has 4 saturated carbocycles. The van der Waals surface area contributed by atoms with Gasteiger partial charge in [-0.05, 0) is 0 Å². The second kappa shape index (κ2) is 3.54. The zero-order chi connectivity index (χ0) is 20.1. The average molecular weight is 404 g/mol. The summed E-state index contributed by atoms with van der Waals surface area (Å²) in [5.41, 5.74) is -28.4. The zero-order valence-corrected chi connectivity index (χ0v) is 10.8. The van der Waals surface area contributed by atoms with Gasteiger partial charge < -0.3 is 5.11 Å². The van der Waals surface area contributed by atoms with Gasteiger partial charge in [0, 0.05) is 0 Å². The molecular formula is C10H2F14O. The summed E-state index contributed by atoms with van der Waals surface area (Å²) in [6, 6.07) is 0. The third-order valence-corrected chi connectivity index (χ3v) is 5.18. The van der Waals surface area contributed by atoms with Crippen molar-refractivity contribution in [1.82, 2.24) is 0 Å². The fourth-order valence-corrected chi connectivity index (χ4v) is 3.77. The molecule has 0 heterocycles. The Balaban J connectivity index is 2.65. The van der Waals surface area contributed by atoms with Gasteiger partial charge in [0.05, 0.1) is 0 Å². The van der Waals surface area contributed by atoms with Gasteiger partial charge in [0.15, 0.2) is 6.17 Å². The van der Waals surface area contributed by atoms with Gasteiger partial charge in [0.2, 0.25) is 5.60 Å². The lowest BCUT2D eigenvalue weighted by molar-refractivity contribution is -0.588. The molecule has 1 N–H and O–H groups in total. The molecule has 0 aromatic heterocycles. The lowest BCUT2D eigenvalue weighted by Crippen LogP contribution is -3.07. The van der Waals surface area contributed by atoms with Gasteiger partial charge >= 0.3 is 41.0 Å². The quantitative estimate of drug-likeness (QED) is 0.614. The van der Waals surface area contributed by atoms with Crippen molar-refractivity contribution in [3.05, 3.63) is 0 Å². The van der Waals surface area contributed by atoms with Crippen LogP contribution in [0.5, 0.6) is 0 Å². The molecule has 4 aliphatic rings. The number of halogens is 14. The molecule has 0 aromatic rings. The number of hydrogen-bond donors (Lipinski definition) is 1. The van der Waals surface area contributed by atoms with Crippen LogP contribution in [-0.2, 0) is 0 Å². The predicted octanol–water partition coefficient (Wildman–Crippen LogP) is 3.40. The predicted molar refractivity (Wildman–Crippen MR) is 46.1 cm³/mol. The van der Waals surface area contributed by atoms with Crippen LogP contribution in [0.3, 0.4) is 0 Å². The van der Waals surface area contributed by atoms with E-state index in [9.17, 15) is 61.5 Å². The van der Waals surface area contributed by atoms with Gasteiger partial charge in [-0.25, -0.2) is 17.6 Å². The van der Waals surface area contributed by atoms with Crippen molar-refractivity contribution in [1.29, 1.82) is 0 Å². The minimum absolute atomic E-state index is 5.74. The first-order valence-corrected chi connectivity index (χ1v) is 5.98. The van der Waals surface area contributed by atoms with E-state index in [2.05, 4.69) is 0 Å². The normalized spacial score (nSPS) is 56.0. The van der Waals surface area contributed by atoms with Crippen molar-refractivity contribution in [2.45, 2.75) is 58.4 Å². The molecule has 4 bridgehead atoms. The number of hydrogen-bond acceptors (Lipinski definition) is 1. The van der Waals surface area contributed by atoms with E-state index in [1.54, 1.807) is 0 Å². The molecule has 4 rings (SSSR count). The van der Waals surface area contributed by atoms with Gasteiger partial charge in [0.1, 0.15) is 0 Å². The molecule has 5 atom stereocenters. The molecule has 0 saturated heterocycles. The van der Waals surface area contributed by atoms with Crippen LogP contribution in [0.15, 0.2) is 0 Å². The Hall–Kier alpha value is -1.02. The summed E-state index contributed by atoms with van der Waals surface area (Å²) < 4.78 is 193. The van der Waals surface area contributed by atoms with Crippen molar-refractivity contribution in [2.75, 3.05) is 0 Å². The van der Waals surface area contributed by atoms with E-state index in [-0.39, 0.29) is 0 Å². The maximum atomic E-state index is 14.1. The van der Waals surface area contributed by atoms with Crippen LogP contribution in [0.1, 0.15) is 0 Å². The van der Waals surface area contributed by atoms with E-state index in [1.165, 1.54) is 0 Å². The molecule has 25 heavy (non-hydrogen) atoms. The summed E-state index contributed by atoms with van der Waals surface area (Å²) >= 11 is 0. The summed E-state index contributed by atoms with van der Waals surface area (Å²) in [6.07, 6.45) is -5.74. The largest absolute Gasteiger partial charge is 0.376 e.